The van der Waals surface area contributed by atoms with Gasteiger partial charge in [0.2, 0.25) is 0 Å². The van der Waals surface area contributed by atoms with Crippen LogP contribution in [-0.4, -0.2) is 25.0 Å². The number of barbiturate groups is 1. The summed E-state index contributed by atoms with van der Waals surface area (Å²) in [5.41, 5.74) is 2.42. The summed E-state index contributed by atoms with van der Waals surface area (Å²) in [5, 5.41) is 2.25. The fraction of sp³-hybridized carbons (Fsp3) is 0.115. The molecule has 9 heteroatoms. The van der Waals surface area contributed by atoms with Gasteiger partial charge in [-0.25, -0.2) is 9.69 Å². The normalized spacial score (nSPS) is 14.8. The van der Waals surface area contributed by atoms with E-state index in [4.69, 9.17) is 9.47 Å². The number of hydrogen-bond acceptors (Lipinski definition) is 5. The number of rotatable bonds is 6. The Hall–Kier alpha value is -3.43. The van der Waals surface area contributed by atoms with Crippen LogP contribution in [0.1, 0.15) is 16.7 Å². The summed E-state index contributed by atoms with van der Waals surface area (Å²) >= 11 is 6.81. The minimum absolute atomic E-state index is 0.191. The summed E-state index contributed by atoms with van der Waals surface area (Å²) in [5.74, 6) is -0.530. The Balaban J connectivity index is 1.68. The monoisotopic (exact) mass is 598 g/mol. The molecule has 1 heterocycles. The molecule has 1 saturated heterocycles. The third kappa shape index (κ3) is 5.47. The summed E-state index contributed by atoms with van der Waals surface area (Å²) in [7, 11) is 1.54. The topological polar surface area (TPSA) is 84.9 Å². The molecule has 0 spiro atoms. The van der Waals surface area contributed by atoms with Gasteiger partial charge in [0.05, 0.1) is 12.8 Å². The number of methoxy groups -OCH3 is 1. The number of hydrogen-bond donors (Lipinski definition) is 1. The highest BCUT2D eigenvalue weighted by Gasteiger charge is 2.37. The van der Waals surface area contributed by atoms with Crippen molar-refractivity contribution in [2.45, 2.75) is 13.5 Å². The summed E-state index contributed by atoms with van der Waals surface area (Å²) in [6, 6.07) is 17.0. The second-order valence-electron chi connectivity index (χ2n) is 7.71. The van der Waals surface area contributed by atoms with Crippen LogP contribution in [0.2, 0.25) is 0 Å². The molecule has 0 aromatic heterocycles. The molecule has 0 aliphatic carbocycles. The quantitative estimate of drug-likeness (QED) is 0.287. The van der Waals surface area contributed by atoms with Gasteiger partial charge < -0.3 is 9.47 Å². The minimum Gasteiger partial charge on any atom is -0.497 e. The highest BCUT2D eigenvalue weighted by Crippen LogP contribution is 2.30. The number of nitrogens with one attached hydrogen (secondary N) is 1. The molecule has 1 N–H and O–H groups in total. The Morgan fingerprint density at radius 2 is 1.71 bits per heavy atom. The Bertz CT molecular complexity index is 1350. The van der Waals surface area contributed by atoms with E-state index in [1.165, 1.54) is 13.2 Å². The number of imide groups is 2. The lowest BCUT2D eigenvalue weighted by atomic mass is 10.1. The van der Waals surface area contributed by atoms with Crippen molar-refractivity contribution in [3.05, 3.63) is 91.9 Å². The Morgan fingerprint density at radius 1 is 0.971 bits per heavy atom. The van der Waals surface area contributed by atoms with E-state index in [-0.39, 0.29) is 12.2 Å². The largest absolute Gasteiger partial charge is 0.497 e. The number of urea groups is 1. The second kappa shape index (κ2) is 10.5. The van der Waals surface area contributed by atoms with Crippen LogP contribution in [0.15, 0.2) is 75.2 Å². The average molecular weight is 600 g/mol. The molecule has 0 bridgehead atoms. The van der Waals surface area contributed by atoms with Crippen LogP contribution in [0.25, 0.3) is 6.08 Å². The number of aryl methyl sites for hydroxylation is 1. The molecular formula is C26H20Br2N2O5. The number of benzene rings is 3. The van der Waals surface area contributed by atoms with Crippen molar-refractivity contribution in [3.63, 3.8) is 0 Å². The number of carbonyl (C=O) groups is 3. The first-order chi connectivity index (χ1) is 16.8. The molecule has 3 aromatic rings. The van der Waals surface area contributed by atoms with E-state index in [2.05, 4.69) is 37.2 Å². The van der Waals surface area contributed by atoms with E-state index < -0.39 is 17.8 Å². The van der Waals surface area contributed by atoms with Gasteiger partial charge in [-0.1, -0.05) is 44.0 Å². The maximum absolute atomic E-state index is 13.3. The van der Waals surface area contributed by atoms with Gasteiger partial charge in [-0.15, -0.1) is 0 Å². The lowest BCUT2D eigenvalue weighted by Gasteiger charge is -2.27. The predicted octanol–water partition coefficient (Wildman–Crippen LogP) is 5.77. The third-order valence-corrected chi connectivity index (χ3v) is 6.75. The van der Waals surface area contributed by atoms with Gasteiger partial charge in [-0.2, -0.15) is 0 Å². The molecule has 1 fully saturated rings. The van der Waals surface area contributed by atoms with Crippen molar-refractivity contribution in [1.82, 2.24) is 5.32 Å². The molecule has 0 atom stereocenters. The number of amides is 4. The zero-order valence-corrected chi connectivity index (χ0v) is 22.0. The molecule has 1 aliphatic rings. The van der Waals surface area contributed by atoms with Crippen LogP contribution in [0.3, 0.4) is 0 Å². The van der Waals surface area contributed by atoms with E-state index in [1.807, 2.05) is 31.2 Å². The van der Waals surface area contributed by atoms with E-state index >= 15 is 0 Å². The smallest absolute Gasteiger partial charge is 0.335 e. The summed E-state index contributed by atoms with van der Waals surface area (Å²) in [6.45, 7) is 2.10. The van der Waals surface area contributed by atoms with Gasteiger partial charge in [-0.3, -0.25) is 14.9 Å². The molecule has 35 heavy (non-hydrogen) atoms. The first-order valence-electron chi connectivity index (χ1n) is 10.5. The summed E-state index contributed by atoms with van der Waals surface area (Å²) in [6.07, 6.45) is 1.42. The molecule has 0 unspecified atom stereocenters. The van der Waals surface area contributed by atoms with E-state index in [1.54, 1.807) is 36.4 Å². The summed E-state index contributed by atoms with van der Waals surface area (Å²) in [4.78, 5) is 39.4. The van der Waals surface area contributed by atoms with Gasteiger partial charge in [-0.05, 0) is 66.6 Å². The van der Waals surface area contributed by atoms with E-state index in [9.17, 15) is 14.4 Å². The molecule has 4 rings (SSSR count). The molecule has 3 aromatic carbocycles. The number of halogens is 2. The molecule has 0 saturated carbocycles. The molecule has 0 radical (unpaired) electrons. The lowest BCUT2D eigenvalue weighted by Crippen LogP contribution is -2.54. The van der Waals surface area contributed by atoms with Crippen molar-refractivity contribution in [2.75, 3.05) is 12.0 Å². The Labute approximate surface area is 219 Å². The zero-order valence-electron chi connectivity index (χ0n) is 18.8. The lowest BCUT2D eigenvalue weighted by molar-refractivity contribution is -0.122. The number of anilines is 1. The fourth-order valence-electron chi connectivity index (χ4n) is 3.44. The van der Waals surface area contributed by atoms with Crippen LogP contribution in [0, 0.1) is 6.92 Å². The maximum atomic E-state index is 13.3. The molecule has 4 amide bonds. The zero-order chi connectivity index (χ0) is 25.1. The molecule has 1 aliphatic heterocycles. The first-order valence-corrected chi connectivity index (χ1v) is 12.1. The van der Waals surface area contributed by atoms with Gasteiger partial charge in [0, 0.05) is 20.6 Å². The Kier molecular flexibility index (Phi) is 7.37. The third-order valence-electron chi connectivity index (χ3n) is 5.33. The number of carbonyl (C=O) groups excluding carboxylic acids is 3. The standard InChI is InChI=1S/C26H20Br2N2O5/c1-15-11-19(8-10-22(15)28)30-25(32)21(24(31)29-26(30)33)12-17-5-9-20(34-2)13-23(17)35-14-16-3-6-18(27)7-4-16/h3-13H,14H2,1-2H3,(H,29,31,33)/b21-12-. The molecular weight excluding hydrogens is 580 g/mol. The van der Waals surface area contributed by atoms with Crippen LogP contribution in [0.4, 0.5) is 10.5 Å². The highest BCUT2D eigenvalue weighted by atomic mass is 79.9. The fourth-order valence-corrected chi connectivity index (χ4v) is 3.95. The SMILES string of the molecule is COc1ccc(/C=C2/C(=O)NC(=O)N(c3ccc(Br)c(C)c3)C2=O)c(OCc2ccc(Br)cc2)c1. The minimum atomic E-state index is -0.805. The van der Waals surface area contributed by atoms with E-state index in [0.717, 1.165) is 25.0 Å². The van der Waals surface area contributed by atoms with Crippen LogP contribution < -0.4 is 19.7 Å². The van der Waals surface area contributed by atoms with Crippen molar-refractivity contribution >= 4 is 61.5 Å². The van der Waals surface area contributed by atoms with Crippen molar-refractivity contribution < 1.29 is 23.9 Å². The van der Waals surface area contributed by atoms with Crippen LogP contribution in [-0.2, 0) is 16.2 Å². The van der Waals surface area contributed by atoms with Crippen LogP contribution >= 0.6 is 31.9 Å². The Morgan fingerprint density at radius 3 is 2.40 bits per heavy atom. The number of ether oxygens (including phenoxy) is 2. The number of nitrogens with zero attached hydrogens (tertiary/aromatic N) is 1. The average Bonchev–Trinajstić information content (AvgIpc) is 2.84. The van der Waals surface area contributed by atoms with Gasteiger partial charge in [0.15, 0.2) is 0 Å². The highest BCUT2D eigenvalue weighted by molar-refractivity contribution is 9.10. The van der Waals surface area contributed by atoms with Gasteiger partial charge in [0.25, 0.3) is 11.8 Å². The van der Waals surface area contributed by atoms with E-state index in [0.29, 0.717) is 22.7 Å². The predicted molar refractivity (Wildman–Crippen MR) is 139 cm³/mol. The summed E-state index contributed by atoms with van der Waals surface area (Å²) < 4.78 is 13.1. The van der Waals surface area contributed by atoms with Crippen molar-refractivity contribution in [1.29, 1.82) is 0 Å². The van der Waals surface area contributed by atoms with Gasteiger partial charge in [0.1, 0.15) is 23.7 Å². The van der Waals surface area contributed by atoms with Gasteiger partial charge >= 0.3 is 6.03 Å². The second-order valence-corrected chi connectivity index (χ2v) is 9.48. The molecule has 178 valence electrons. The first kappa shape index (κ1) is 24.7. The van der Waals surface area contributed by atoms with Crippen molar-refractivity contribution in [3.8, 4) is 11.5 Å². The van der Waals surface area contributed by atoms with Crippen LogP contribution in [0.5, 0.6) is 11.5 Å². The maximum Gasteiger partial charge on any atom is 0.335 e. The molecule has 7 nitrogen and oxygen atoms in total. The van der Waals surface area contributed by atoms with Crippen molar-refractivity contribution in [2.24, 2.45) is 0 Å².